The van der Waals surface area contributed by atoms with Crippen LogP contribution in [0.15, 0.2) is 36.4 Å². The third-order valence-corrected chi connectivity index (χ3v) is 3.11. The number of hydrogen-bond donors (Lipinski definition) is 0. The molecule has 128 valence electrons. The van der Waals surface area contributed by atoms with Crippen molar-refractivity contribution in [3.05, 3.63) is 42.0 Å². The molecule has 0 amide bonds. The second-order valence-electron chi connectivity index (χ2n) is 4.52. The minimum Gasteiger partial charge on any atom is -0.493 e. The maximum absolute atomic E-state index is 12.3. The van der Waals surface area contributed by atoms with E-state index in [1.54, 1.807) is 24.3 Å². The number of esters is 1. The van der Waals surface area contributed by atoms with E-state index in [2.05, 4.69) is 4.89 Å². The van der Waals surface area contributed by atoms with Crippen LogP contribution in [0.3, 0.4) is 0 Å². The molecule has 0 saturated heterocycles. The van der Waals surface area contributed by atoms with Crippen LogP contribution >= 0.6 is 0 Å². The highest BCUT2D eigenvalue weighted by Gasteiger charge is 2.18. The maximum atomic E-state index is 12.3. The lowest BCUT2D eigenvalue weighted by atomic mass is 10.2. The van der Waals surface area contributed by atoms with Gasteiger partial charge in [-0.15, -0.1) is 0 Å². The third kappa shape index (κ3) is 3.88. The zero-order valence-electron chi connectivity index (χ0n) is 13.8. The number of hydrogen-bond acceptors (Lipinski definition) is 7. The highest BCUT2D eigenvalue weighted by molar-refractivity contribution is 5.92. The van der Waals surface area contributed by atoms with Gasteiger partial charge in [0, 0.05) is 0 Å². The predicted molar refractivity (Wildman–Crippen MR) is 85.1 cm³/mol. The number of carbonyl (C=O) groups is 1. The van der Waals surface area contributed by atoms with Gasteiger partial charge in [-0.2, -0.15) is 4.89 Å². The Hall–Kier alpha value is -2.93. The molecular weight excluding hydrogens is 316 g/mol. The quantitative estimate of drug-likeness (QED) is 0.334. The molecule has 0 saturated carbocycles. The highest BCUT2D eigenvalue weighted by atomic mass is 17.2. The van der Waals surface area contributed by atoms with Crippen LogP contribution in [0.5, 0.6) is 28.7 Å². The average Bonchev–Trinajstić information content (AvgIpc) is 2.62. The van der Waals surface area contributed by atoms with E-state index in [0.717, 1.165) is 0 Å². The summed E-state index contributed by atoms with van der Waals surface area (Å²) in [7, 11) is 5.84. The van der Waals surface area contributed by atoms with E-state index in [0.29, 0.717) is 28.7 Å². The Morgan fingerprint density at radius 1 is 0.792 bits per heavy atom. The van der Waals surface area contributed by atoms with Crippen molar-refractivity contribution in [3.63, 3.8) is 0 Å². The van der Waals surface area contributed by atoms with Gasteiger partial charge in [-0.05, 0) is 36.4 Å². The van der Waals surface area contributed by atoms with E-state index in [4.69, 9.17) is 23.8 Å². The summed E-state index contributed by atoms with van der Waals surface area (Å²) >= 11 is 0. The lowest BCUT2D eigenvalue weighted by Crippen LogP contribution is -2.09. The molecule has 0 aliphatic carbocycles. The van der Waals surface area contributed by atoms with E-state index < -0.39 is 5.97 Å². The molecule has 0 atom stereocenters. The minimum absolute atomic E-state index is 0.265. The topological polar surface area (TPSA) is 72.5 Å². The van der Waals surface area contributed by atoms with Gasteiger partial charge in [0.1, 0.15) is 5.75 Å². The fourth-order valence-corrected chi connectivity index (χ4v) is 2.02. The lowest BCUT2D eigenvalue weighted by molar-refractivity contribution is -0.178. The van der Waals surface area contributed by atoms with Gasteiger partial charge >= 0.3 is 5.97 Å². The molecule has 7 nitrogen and oxygen atoms in total. The monoisotopic (exact) mass is 334 g/mol. The molecule has 2 aromatic rings. The van der Waals surface area contributed by atoms with E-state index >= 15 is 0 Å². The summed E-state index contributed by atoms with van der Waals surface area (Å²) in [6.07, 6.45) is 0. The Morgan fingerprint density at radius 2 is 1.33 bits per heavy atom. The second kappa shape index (κ2) is 8.07. The largest absolute Gasteiger partial charge is 0.493 e. The van der Waals surface area contributed by atoms with Crippen LogP contribution in [-0.4, -0.2) is 34.4 Å². The smallest absolute Gasteiger partial charge is 0.343 e. The number of ether oxygens (including phenoxy) is 4. The van der Waals surface area contributed by atoms with Gasteiger partial charge in [-0.25, -0.2) is 4.79 Å². The Bertz CT molecular complexity index is 670. The molecule has 2 aromatic carbocycles. The van der Waals surface area contributed by atoms with Crippen LogP contribution in [0.25, 0.3) is 0 Å². The summed E-state index contributed by atoms with van der Waals surface area (Å²) in [5.41, 5.74) is 0.265. The summed E-state index contributed by atoms with van der Waals surface area (Å²) in [4.78, 5) is 21.7. The van der Waals surface area contributed by atoms with Gasteiger partial charge in [0.2, 0.25) is 5.75 Å². The number of carbonyl (C=O) groups excluding carboxylic acids is 1. The lowest BCUT2D eigenvalue weighted by Gasteiger charge is -2.13. The zero-order valence-corrected chi connectivity index (χ0v) is 13.8. The zero-order chi connectivity index (χ0) is 17.5. The summed E-state index contributed by atoms with van der Waals surface area (Å²) in [6.45, 7) is 0. The first kappa shape index (κ1) is 17.4. The minimum atomic E-state index is -0.560. The molecular formula is C17H18O7. The maximum Gasteiger partial charge on any atom is 0.343 e. The standard InChI is InChI=1S/C17H18O7/c1-19-14-9-11(10-15(20-2)16(14)21-3)17(18)23-12-5-7-13(8-6-12)24-22-4/h5-10H,1-4H3. The van der Waals surface area contributed by atoms with Crippen LogP contribution in [0.1, 0.15) is 10.4 Å². The summed E-state index contributed by atoms with van der Waals surface area (Å²) < 4.78 is 21.0. The molecule has 0 radical (unpaired) electrons. The molecule has 0 unspecified atom stereocenters. The SMILES string of the molecule is COOc1ccc(OC(=O)c2cc(OC)c(OC)c(OC)c2)cc1. The van der Waals surface area contributed by atoms with Gasteiger partial charge < -0.3 is 23.8 Å². The molecule has 0 bridgehead atoms. The van der Waals surface area contributed by atoms with Crippen LogP contribution in [0, 0.1) is 0 Å². The Balaban J connectivity index is 2.22. The highest BCUT2D eigenvalue weighted by Crippen LogP contribution is 2.38. The second-order valence-corrected chi connectivity index (χ2v) is 4.52. The van der Waals surface area contributed by atoms with Crippen LogP contribution < -0.4 is 23.8 Å². The van der Waals surface area contributed by atoms with E-state index in [-0.39, 0.29) is 5.56 Å². The van der Waals surface area contributed by atoms with Gasteiger partial charge in [-0.1, -0.05) is 0 Å². The fraction of sp³-hybridized carbons (Fsp3) is 0.235. The predicted octanol–water partition coefficient (Wildman–Crippen LogP) is 2.87. The van der Waals surface area contributed by atoms with Crippen molar-refractivity contribution in [2.75, 3.05) is 28.4 Å². The van der Waals surface area contributed by atoms with E-state index in [9.17, 15) is 4.79 Å². The van der Waals surface area contributed by atoms with E-state index in [1.807, 2.05) is 0 Å². The molecule has 0 aliphatic rings. The van der Waals surface area contributed by atoms with Crippen molar-refractivity contribution in [1.29, 1.82) is 0 Å². The molecule has 0 aromatic heterocycles. The Kier molecular flexibility index (Phi) is 5.86. The van der Waals surface area contributed by atoms with Crippen LogP contribution in [0.4, 0.5) is 0 Å². The van der Waals surface area contributed by atoms with Gasteiger partial charge in [0.15, 0.2) is 17.2 Å². The number of benzene rings is 2. The first-order chi connectivity index (χ1) is 11.6. The van der Waals surface area contributed by atoms with Crippen LogP contribution in [0.2, 0.25) is 0 Å². The Labute approximate surface area is 139 Å². The average molecular weight is 334 g/mol. The Morgan fingerprint density at radius 3 is 1.79 bits per heavy atom. The van der Waals surface area contributed by atoms with E-state index in [1.165, 1.54) is 40.6 Å². The molecule has 0 fully saturated rings. The molecule has 0 spiro atoms. The first-order valence-corrected chi connectivity index (χ1v) is 6.95. The van der Waals surface area contributed by atoms with Crippen LogP contribution in [-0.2, 0) is 4.89 Å². The fourth-order valence-electron chi connectivity index (χ4n) is 2.02. The molecule has 24 heavy (non-hydrogen) atoms. The summed E-state index contributed by atoms with van der Waals surface area (Å²) in [6, 6.07) is 9.44. The van der Waals surface area contributed by atoms with Gasteiger partial charge in [0.25, 0.3) is 0 Å². The summed E-state index contributed by atoms with van der Waals surface area (Å²) in [5, 5.41) is 0. The molecule has 0 heterocycles. The molecule has 7 heteroatoms. The van der Waals surface area contributed by atoms with Crippen molar-refractivity contribution in [2.24, 2.45) is 0 Å². The van der Waals surface area contributed by atoms with Gasteiger partial charge in [0.05, 0.1) is 34.0 Å². The number of rotatable bonds is 7. The molecule has 2 rings (SSSR count). The van der Waals surface area contributed by atoms with Crippen molar-refractivity contribution in [3.8, 4) is 28.7 Å². The van der Waals surface area contributed by atoms with Crippen molar-refractivity contribution in [2.45, 2.75) is 0 Å². The van der Waals surface area contributed by atoms with Gasteiger partial charge in [-0.3, -0.25) is 0 Å². The summed E-state index contributed by atoms with van der Waals surface area (Å²) in [5.74, 6) is 1.43. The van der Waals surface area contributed by atoms with Crippen molar-refractivity contribution >= 4 is 5.97 Å². The molecule has 0 aliphatic heterocycles. The number of methoxy groups -OCH3 is 3. The molecule has 0 N–H and O–H groups in total. The third-order valence-electron chi connectivity index (χ3n) is 3.11. The van der Waals surface area contributed by atoms with Crippen molar-refractivity contribution < 1.29 is 33.5 Å². The first-order valence-electron chi connectivity index (χ1n) is 6.95. The van der Waals surface area contributed by atoms with Crippen molar-refractivity contribution in [1.82, 2.24) is 0 Å². The normalized spacial score (nSPS) is 10.0.